The number of nitrogens with two attached hydrogens (primary N) is 1. The summed E-state index contributed by atoms with van der Waals surface area (Å²) >= 11 is 0. The Labute approximate surface area is 131 Å². The molecule has 0 fully saturated rings. The predicted molar refractivity (Wildman–Crippen MR) is 81.0 cm³/mol. The van der Waals surface area contributed by atoms with Gasteiger partial charge in [-0.1, -0.05) is 30.3 Å². The number of non-ortho nitro benzene ring substituents is 1. The van der Waals surface area contributed by atoms with Crippen LogP contribution in [-0.4, -0.2) is 15.9 Å². The normalized spacial score (nSPS) is 13.3. The lowest BCUT2D eigenvalue weighted by Gasteiger charge is -2.18. The van der Waals surface area contributed by atoms with Gasteiger partial charge in [0.1, 0.15) is 5.82 Å². The van der Waals surface area contributed by atoms with Gasteiger partial charge in [0.15, 0.2) is 0 Å². The molecule has 0 radical (unpaired) electrons. The van der Waals surface area contributed by atoms with Crippen LogP contribution in [0.5, 0.6) is 0 Å². The van der Waals surface area contributed by atoms with Crippen LogP contribution in [0, 0.1) is 15.9 Å². The Morgan fingerprint density at radius 1 is 1.26 bits per heavy atom. The number of carbonyl (C=O) groups is 1. The number of benzene rings is 2. The van der Waals surface area contributed by atoms with Crippen molar-refractivity contribution in [3.63, 3.8) is 0 Å². The largest absolute Gasteiger partial charge is 0.388 e. The predicted octanol–water partition coefficient (Wildman–Crippen LogP) is 2.43. The molecule has 2 rings (SSSR count). The van der Waals surface area contributed by atoms with E-state index in [1.807, 2.05) is 0 Å². The Balaban J connectivity index is 2.34. The first-order valence-corrected chi connectivity index (χ1v) is 6.86. The summed E-state index contributed by atoms with van der Waals surface area (Å²) in [7, 11) is 0. The lowest BCUT2D eigenvalue weighted by Crippen LogP contribution is -2.24. The van der Waals surface area contributed by atoms with Crippen molar-refractivity contribution in [2.24, 2.45) is 5.73 Å². The Morgan fingerprint density at radius 3 is 2.48 bits per heavy atom. The fourth-order valence-electron chi connectivity index (χ4n) is 2.34. The first-order chi connectivity index (χ1) is 10.9. The monoisotopic (exact) mass is 318 g/mol. The number of hydrogen-bond acceptors (Lipinski definition) is 4. The zero-order chi connectivity index (χ0) is 17.0. The van der Waals surface area contributed by atoms with Gasteiger partial charge in [-0.15, -0.1) is 0 Å². The van der Waals surface area contributed by atoms with Gasteiger partial charge >= 0.3 is 0 Å². The zero-order valence-electron chi connectivity index (χ0n) is 12.1. The third kappa shape index (κ3) is 3.89. The molecule has 7 heteroatoms. The van der Waals surface area contributed by atoms with Crippen LogP contribution in [0.15, 0.2) is 48.5 Å². The van der Waals surface area contributed by atoms with E-state index in [0.29, 0.717) is 5.56 Å². The summed E-state index contributed by atoms with van der Waals surface area (Å²) in [5, 5.41) is 21.0. The number of primary amides is 1. The molecule has 3 N–H and O–H groups in total. The average molecular weight is 318 g/mol. The highest BCUT2D eigenvalue weighted by atomic mass is 19.1. The van der Waals surface area contributed by atoms with Crippen LogP contribution < -0.4 is 5.73 Å². The molecule has 0 saturated carbocycles. The Morgan fingerprint density at radius 2 is 1.91 bits per heavy atom. The molecule has 0 spiro atoms. The topological polar surface area (TPSA) is 106 Å². The summed E-state index contributed by atoms with van der Waals surface area (Å²) in [4.78, 5) is 21.8. The molecule has 1 unspecified atom stereocenters. The number of hydrogen-bond donors (Lipinski definition) is 2. The van der Waals surface area contributed by atoms with Gasteiger partial charge in [-0.3, -0.25) is 14.9 Å². The maximum Gasteiger partial charge on any atom is 0.269 e. The summed E-state index contributed by atoms with van der Waals surface area (Å²) < 4.78 is 14.0. The molecule has 0 saturated heterocycles. The van der Waals surface area contributed by atoms with Crippen LogP contribution in [0.1, 0.15) is 29.6 Å². The van der Waals surface area contributed by atoms with Gasteiger partial charge in [0.25, 0.3) is 5.69 Å². The van der Waals surface area contributed by atoms with E-state index in [1.165, 1.54) is 0 Å². The second kappa shape index (κ2) is 6.97. The van der Waals surface area contributed by atoms with E-state index in [2.05, 4.69) is 0 Å². The lowest BCUT2D eigenvalue weighted by atomic mass is 9.89. The first-order valence-electron chi connectivity index (χ1n) is 6.86. The molecule has 0 aliphatic heterocycles. The quantitative estimate of drug-likeness (QED) is 0.630. The average Bonchev–Trinajstić information content (AvgIpc) is 2.53. The molecule has 0 aliphatic rings. The van der Waals surface area contributed by atoms with Gasteiger partial charge < -0.3 is 10.8 Å². The van der Waals surface area contributed by atoms with Crippen molar-refractivity contribution in [1.82, 2.24) is 0 Å². The highest BCUT2D eigenvalue weighted by molar-refractivity contribution is 5.82. The number of carbonyl (C=O) groups excluding carboxylic acids is 1. The standard InChI is InChI=1S/C16H15FN2O4/c17-14-7-6-11(19(22)23)8-12(14)13(16(18)21)9-15(20)10-4-2-1-3-5-10/h1-8,13,15,20H,9H2,(H2,18,21)/t13?,15-/m1/s1. The van der Waals surface area contributed by atoms with Crippen molar-refractivity contribution in [3.05, 3.63) is 75.6 Å². The number of nitro benzene ring substituents is 1. The molecule has 0 aromatic heterocycles. The van der Waals surface area contributed by atoms with Crippen LogP contribution >= 0.6 is 0 Å². The summed E-state index contributed by atoms with van der Waals surface area (Å²) in [6, 6.07) is 11.4. The van der Waals surface area contributed by atoms with Crippen molar-refractivity contribution in [3.8, 4) is 0 Å². The fourth-order valence-corrected chi connectivity index (χ4v) is 2.34. The van der Waals surface area contributed by atoms with Crippen molar-refractivity contribution in [2.75, 3.05) is 0 Å². The van der Waals surface area contributed by atoms with Gasteiger partial charge in [0.2, 0.25) is 5.91 Å². The van der Waals surface area contributed by atoms with Gasteiger partial charge in [0.05, 0.1) is 16.9 Å². The van der Waals surface area contributed by atoms with Gasteiger partial charge in [-0.25, -0.2) is 4.39 Å². The van der Waals surface area contributed by atoms with Crippen LogP contribution in [-0.2, 0) is 4.79 Å². The van der Waals surface area contributed by atoms with E-state index in [-0.39, 0.29) is 17.7 Å². The summed E-state index contributed by atoms with van der Waals surface area (Å²) in [5.41, 5.74) is 5.31. The van der Waals surface area contributed by atoms with Crippen molar-refractivity contribution < 1.29 is 19.2 Å². The van der Waals surface area contributed by atoms with Crippen molar-refractivity contribution in [2.45, 2.75) is 18.4 Å². The number of amides is 1. The second-order valence-electron chi connectivity index (χ2n) is 5.08. The first kappa shape index (κ1) is 16.6. The molecule has 0 bridgehead atoms. The molecule has 6 nitrogen and oxygen atoms in total. The van der Waals surface area contributed by atoms with Crippen LogP contribution in [0.4, 0.5) is 10.1 Å². The minimum Gasteiger partial charge on any atom is -0.388 e. The number of aliphatic hydroxyl groups is 1. The summed E-state index contributed by atoms with van der Waals surface area (Å²) in [6.45, 7) is 0. The van der Waals surface area contributed by atoms with E-state index < -0.39 is 28.7 Å². The van der Waals surface area contributed by atoms with Crippen LogP contribution in [0.25, 0.3) is 0 Å². The van der Waals surface area contributed by atoms with E-state index in [0.717, 1.165) is 18.2 Å². The van der Waals surface area contributed by atoms with Crippen LogP contribution in [0.3, 0.4) is 0 Å². The van der Waals surface area contributed by atoms with Crippen LogP contribution in [0.2, 0.25) is 0 Å². The van der Waals surface area contributed by atoms with E-state index in [9.17, 15) is 24.4 Å². The highest BCUT2D eigenvalue weighted by Gasteiger charge is 2.27. The number of rotatable bonds is 6. The molecule has 2 aromatic carbocycles. The highest BCUT2D eigenvalue weighted by Crippen LogP contribution is 2.31. The van der Waals surface area contributed by atoms with E-state index >= 15 is 0 Å². The number of nitro groups is 1. The third-order valence-corrected chi connectivity index (χ3v) is 3.55. The molecule has 120 valence electrons. The molecular formula is C16H15FN2O4. The fraction of sp³-hybridized carbons (Fsp3) is 0.188. The lowest BCUT2D eigenvalue weighted by molar-refractivity contribution is -0.385. The van der Waals surface area contributed by atoms with Gasteiger partial charge in [-0.05, 0) is 18.1 Å². The van der Waals surface area contributed by atoms with Gasteiger partial charge in [-0.2, -0.15) is 0 Å². The molecule has 1 amide bonds. The van der Waals surface area contributed by atoms with Crippen molar-refractivity contribution in [1.29, 1.82) is 0 Å². The Kier molecular flexibility index (Phi) is 5.02. The molecule has 0 heterocycles. The maximum atomic E-state index is 14.0. The molecule has 2 aromatic rings. The number of nitrogens with zero attached hydrogens (tertiary/aromatic N) is 1. The maximum absolute atomic E-state index is 14.0. The molecule has 0 aliphatic carbocycles. The molecule has 2 atom stereocenters. The minimum absolute atomic E-state index is 0.169. The van der Waals surface area contributed by atoms with E-state index in [1.54, 1.807) is 30.3 Å². The minimum atomic E-state index is -1.18. The van der Waals surface area contributed by atoms with E-state index in [4.69, 9.17) is 5.73 Å². The number of halogens is 1. The third-order valence-electron chi connectivity index (χ3n) is 3.55. The number of aliphatic hydroxyl groups excluding tert-OH is 1. The SMILES string of the molecule is NC(=O)C(C[C@@H](O)c1ccccc1)c1cc([N+](=O)[O-])ccc1F. The van der Waals surface area contributed by atoms with Crippen molar-refractivity contribution >= 4 is 11.6 Å². The Bertz CT molecular complexity index is 721. The summed E-state index contributed by atoms with van der Waals surface area (Å²) in [6.07, 6.45) is -1.22. The van der Waals surface area contributed by atoms with Gasteiger partial charge in [0, 0.05) is 17.7 Å². The molecule has 23 heavy (non-hydrogen) atoms. The smallest absolute Gasteiger partial charge is 0.269 e. The molecular weight excluding hydrogens is 303 g/mol. The Hall–Kier alpha value is -2.80. The zero-order valence-corrected chi connectivity index (χ0v) is 12.1. The second-order valence-corrected chi connectivity index (χ2v) is 5.08. The summed E-state index contributed by atoms with van der Waals surface area (Å²) in [5.74, 6) is -2.82.